The molecule has 1 fully saturated rings. The molecule has 6 nitrogen and oxygen atoms in total. The number of anilines is 2. The zero-order valence-electron chi connectivity index (χ0n) is 19.6. The topological polar surface area (TPSA) is 79.4 Å². The van der Waals surface area contributed by atoms with Crippen molar-refractivity contribution in [2.45, 2.75) is 17.5 Å². The Morgan fingerprint density at radius 2 is 1.70 bits per heavy atom. The molecule has 1 N–H and O–H groups in total. The Labute approximate surface area is 217 Å². The first-order chi connectivity index (χ1) is 18.1. The van der Waals surface area contributed by atoms with Crippen LogP contribution in [-0.4, -0.2) is 34.5 Å². The van der Waals surface area contributed by atoms with E-state index in [4.69, 9.17) is 0 Å². The van der Waals surface area contributed by atoms with Crippen LogP contribution in [-0.2, 0) is 10.2 Å². The van der Waals surface area contributed by atoms with Crippen molar-refractivity contribution in [3.05, 3.63) is 118 Å². The molecule has 1 spiro atoms. The lowest BCUT2D eigenvalue weighted by Gasteiger charge is -2.37. The zero-order valence-corrected chi connectivity index (χ0v) is 20.4. The maximum atomic E-state index is 14.5. The second-order valence-electron chi connectivity index (χ2n) is 9.50. The summed E-state index contributed by atoms with van der Waals surface area (Å²) in [5.74, 6) is -1.63. The van der Waals surface area contributed by atoms with E-state index in [0.717, 1.165) is 16.8 Å². The van der Waals surface area contributed by atoms with Gasteiger partial charge in [0.1, 0.15) is 11.5 Å². The molecule has 2 aromatic carbocycles. The lowest BCUT2D eigenvalue weighted by molar-refractivity contribution is -0.121. The molecule has 5 heterocycles. The number of nitrogens with one attached hydrogen (secondary N) is 1. The SMILES string of the molecule is O=C(c1cccs1)[C@@H]1[C@H](C(=O)c2ccncc2)[C@@]2(C(=O)Nc3ccccc32)[C@H]2C=Cc3ccccc3N12. The zero-order chi connectivity index (χ0) is 25.1. The number of pyridine rings is 1. The summed E-state index contributed by atoms with van der Waals surface area (Å²) < 4.78 is 0. The Hall–Kier alpha value is -4.36. The monoisotopic (exact) mass is 503 g/mol. The van der Waals surface area contributed by atoms with Gasteiger partial charge in [0.25, 0.3) is 0 Å². The predicted molar refractivity (Wildman–Crippen MR) is 143 cm³/mol. The average molecular weight is 504 g/mol. The van der Waals surface area contributed by atoms with E-state index in [1.165, 1.54) is 11.3 Å². The number of aromatic nitrogens is 1. The van der Waals surface area contributed by atoms with Gasteiger partial charge in [-0.3, -0.25) is 19.4 Å². The first kappa shape index (κ1) is 21.9. The minimum atomic E-state index is -1.29. The third kappa shape index (κ3) is 2.92. The van der Waals surface area contributed by atoms with Gasteiger partial charge in [-0.15, -0.1) is 11.3 Å². The molecule has 180 valence electrons. The summed E-state index contributed by atoms with van der Waals surface area (Å²) in [6.07, 6.45) is 7.11. The molecule has 0 aliphatic carbocycles. The number of Topliss-reactive ketones (excluding diaryl/α,β-unsaturated/α-hetero) is 2. The molecule has 37 heavy (non-hydrogen) atoms. The second-order valence-corrected chi connectivity index (χ2v) is 10.5. The number of para-hydroxylation sites is 2. The fourth-order valence-corrected chi connectivity index (χ4v) is 7.08. The van der Waals surface area contributed by atoms with E-state index >= 15 is 0 Å². The van der Waals surface area contributed by atoms with Gasteiger partial charge in [-0.05, 0) is 46.8 Å². The molecular formula is C30H21N3O3S. The lowest BCUT2D eigenvalue weighted by Crippen LogP contribution is -2.51. The van der Waals surface area contributed by atoms with Gasteiger partial charge in [0, 0.05) is 29.3 Å². The number of thiophene rings is 1. The minimum Gasteiger partial charge on any atom is -0.352 e. The summed E-state index contributed by atoms with van der Waals surface area (Å²) in [6.45, 7) is 0. The van der Waals surface area contributed by atoms with Crippen molar-refractivity contribution in [2.24, 2.45) is 5.92 Å². The number of hydrogen-bond donors (Lipinski definition) is 1. The number of amides is 1. The Morgan fingerprint density at radius 3 is 2.51 bits per heavy atom. The van der Waals surface area contributed by atoms with Crippen molar-refractivity contribution >= 4 is 46.3 Å². The van der Waals surface area contributed by atoms with Crippen LogP contribution in [0, 0.1) is 5.92 Å². The van der Waals surface area contributed by atoms with Crippen molar-refractivity contribution in [2.75, 3.05) is 10.2 Å². The Kier molecular flexibility index (Phi) is 4.78. The van der Waals surface area contributed by atoms with Crippen LogP contribution in [0.1, 0.15) is 31.2 Å². The van der Waals surface area contributed by atoms with Crippen molar-refractivity contribution in [3.8, 4) is 0 Å². The molecule has 7 heteroatoms. The van der Waals surface area contributed by atoms with E-state index in [0.29, 0.717) is 16.1 Å². The summed E-state index contributed by atoms with van der Waals surface area (Å²) >= 11 is 1.35. The summed E-state index contributed by atoms with van der Waals surface area (Å²) in [5.41, 5.74) is 2.34. The molecular weight excluding hydrogens is 482 g/mol. The van der Waals surface area contributed by atoms with E-state index < -0.39 is 23.4 Å². The van der Waals surface area contributed by atoms with E-state index in [1.807, 2.05) is 77.0 Å². The molecule has 1 amide bonds. The molecule has 4 atom stereocenters. The number of rotatable bonds is 4. The van der Waals surface area contributed by atoms with Gasteiger partial charge in [-0.25, -0.2) is 0 Å². The van der Waals surface area contributed by atoms with Crippen LogP contribution in [0.4, 0.5) is 11.4 Å². The molecule has 0 bridgehead atoms. The number of hydrogen-bond acceptors (Lipinski definition) is 6. The predicted octanol–water partition coefficient (Wildman–Crippen LogP) is 5.00. The van der Waals surface area contributed by atoms with Gasteiger partial charge in [0.2, 0.25) is 5.91 Å². The van der Waals surface area contributed by atoms with Gasteiger partial charge in [0.15, 0.2) is 11.6 Å². The van der Waals surface area contributed by atoms with Gasteiger partial charge in [0.05, 0.1) is 16.8 Å². The number of nitrogens with zero attached hydrogens (tertiary/aromatic N) is 2. The first-order valence-electron chi connectivity index (χ1n) is 12.1. The third-order valence-electron chi connectivity index (χ3n) is 7.82. The van der Waals surface area contributed by atoms with Gasteiger partial charge < -0.3 is 10.2 Å². The van der Waals surface area contributed by atoms with E-state index in [2.05, 4.69) is 10.3 Å². The maximum Gasteiger partial charge on any atom is 0.238 e. The largest absolute Gasteiger partial charge is 0.352 e. The number of carbonyl (C=O) groups excluding carboxylic acids is 3. The van der Waals surface area contributed by atoms with E-state index in [9.17, 15) is 14.4 Å². The third-order valence-corrected chi connectivity index (χ3v) is 8.71. The quantitative estimate of drug-likeness (QED) is 0.397. The van der Waals surface area contributed by atoms with E-state index in [1.54, 1.807) is 30.6 Å². The van der Waals surface area contributed by atoms with Crippen LogP contribution in [0.5, 0.6) is 0 Å². The van der Waals surface area contributed by atoms with Gasteiger partial charge in [-0.2, -0.15) is 0 Å². The van der Waals surface area contributed by atoms with Crippen LogP contribution in [0.25, 0.3) is 6.08 Å². The standard InChI is InChI=1S/C30H21N3O3S/c34-27(19-13-15-31-16-14-19)25-26(28(35)23-10-5-17-37-23)33-22-9-4-1-6-18(22)11-12-24(33)30(25)20-7-2-3-8-21(20)32-29(30)36/h1-17,24-26H,(H,32,36)/t24-,25-,26+,30+/m1/s1. The molecule has 4 aromatic rings. The summed E-state index contributed by atoms with van der Waals surface area (Å²) in [6, 6.07) is 20.9. The number of fused-ring (bicyclic) bond motifs is 6. The number of ketones is 2. The summed E-state index contributed by atoms with van der Waals surface area (Å²) in [7, 11) is 0. The lowest BCUT2D eigenvalue weighted by atomic mass is 9.64. The van der Waals surface area contributed by atoms with Crippen LogP contribution >= 0.6 is 11.3 Å². The summed E-state index contributed by atoms with van der Waals surface area (Å²) in [5, 5.41) is 4.90. The Morgan fingerprint density at radius 1 is 0.919 bits per heavy atom. The Bertz CT molecular complexity index is 1600. The van der Waals surface area contributed by atoms with E-state index in [-0.39, 0.29) is 17.5 Å². The van der Waals surface area contributed by atoms with Crippen molar-refractivity contribution < 1.29 is 14.4 Å². The fraction of sp³-hybridized carbons (Fsp3) is 0.133. The molecule has 1 saturated heterocycles. The first-order valence-corrected chi connectivity index (χ1v) is 13.0. The minimum absolute atomic E-state index is 0.161. The fourth-order valence-electron chi connectivity index (χ4n) is 6.38. The number of benzene rings is 2. The average Bonchev–Trinajstić information content (AvgIpc) is 3.65. The molecule has 0 radical (unpaired) electrons. The smallest absolute Gasteiger partial charge is 0.238 e. The van der Waals surface area contributed by atoms with Crippen LogP contribution in [0.3, 0.4) is 0 Å². The summed E-state index contributed by atoms with van der Waals surface area (Å²) in [4.78, 5) is 49.7. The molecule has 7 rings (SSSR count). The van der Waals surface area contributed by atoms with Crippen LogP contribution in [0.2, 0.25) is 0 Å². The van der Waals surface area contributed by atoms with Crippen molar-refractivity contribution in [3.63, 3.8) is 0 Å². The molecule has 3 aliphatic rings. The maximum absolute atomic E-state index is 14.5. The highest BCUT2D eigenvalue weighted by molar-refractivity contribution is 7.12. The van der Waals surface area contributed by atoms with Crippen LogP contribution < -0.4 is 10.2 Å². The van der Waals surface area contributed by atoms with Crippen molar-refractivity contribution in [1.82, 2.24) is 4.98 Å². The molecule has 3 aliphatic heterocycles. The highest BCUT2D eigenvalue weighted by Crippen LogP contribution is 2.58. The Balaban J connectivity index is 1.55. The van der Waals surface area contributed by atoms with Gasteiger partial charge >= 0.3 is 0 Å². The molecule has 2 aromatic heterocycles. The highest BCUT2D eigenvalue weighted by atomic mass is 32.1. The molecule has 0 saturated carbocycles. The highest BCUT2D eigenvalue weighted by Gasteiger charge is 2.70. The second kappa shape index (κ2) is 8.08. The van der Waals surface area contributed by atoms with Gasteiger partial charge in [-0.1, -0.05) is 54.6 Å². The normalized spacial score (nSPS) is 24.9. The molecule has 0 unspecified atom stereocenters. The van der Waals surface area contributed by atoms with Crippen molar-refractivity contribution in [1.29, 1.82) is 0 Å². The van der Waals surface area contributed by atoms with Crippen LogP contribution in [0.15, 0.2) is 96.6 Å². The number of carbonyl (C=O) groups is 3.